The quantitative estimate of drug-likeness (QED) is 0.617. The molecule has 53 valence electrons. The molecule has 4 heteroatoms. The van der Waals surface area contributed by atoms with Crippen LogP contribution in [0.1, 0.15) is 0 Å². The zero-order valence-electron chi connectivity index (χ0n) is 5.01. The Morgan fingerprint density at radius 1 is 1.00 bits per heavy atom. The van der Waals surface area contributed by atoms with E-state index in [0.717, 1.165) is 11.0 Å². The van der Waals surface area contributed by atoms with E-state index >= 15 is 0 Å². The van der Waals surface area contributed by atoms with E-state index in [9.17, 15) is 0 Å². The van der Waals surface area contributed by atoms with Crippen LogP contribution in [0.15, 0.2) is 24.3 Å². The van der Waals surface area contributed by atoms with E-state index in [4.69, 9.17) is 0 Å². The van der Waals surface area contributed by atoms with E-state index in [1.54, 1.807) is 0 Å². The van der Waals surface area contributed by atoms with Gasteiger partial charge in [0, 0.05) is 0 Å². The van der Waals surface area contributed by atoms with E-state index in [-0.39, 0.29) is 17.1 Å². The molecule has 0 saturated heterocycles. The summed E-state index contributed by atoms with van der Waals surface area (Å²) in [5, 5.41) is 10.3. The number of aromatic amines is 1. The fourth-order valence-corrected chi connectivity index (χ4v) is 0.786. The van der Waals surface area contributed by atoms with Crippen molar-refractivity contribution in [3.63, 3.8) is 0 Å². The van der Waals surface area contributed by atoms with Crippen molar-refractivity contribution in [2.75, 3.05) is 0 Å². The van der Waals surface area contributed by atoms with E-state index in [2.05, 4.69) is 15.4 Å². The average Bonchev–Trinajstić information content (AvgIpc) is 2.33. The van der Waals surface area contributed by atoms with Crippen molar-refractivity contribution in [3.05, 3.63) is 24.3 Å². The number of H-pyrrole nitrogens is 1. The molecule has 0 bridgehead atoms. The maximum absolute atomic E-state index is 3.88. The van der Waals surface area contributed by atoms with Crippen LogP contribution >= 0.6 is 0 Å². The van der Waals surface area contributed by atoms with Gasteiger partial charge in [-0.15, -0.1) is 0 Å². The van der Waals surface area contributed by atoms with Gasteiger partial charge >= 0.3 is 17.1 Å². The van der Waals surface area contributed by atoms with Crippen LogP contribution in [0.25, 0.3) is 11.0 Å². The van der Waals surface area contributed by atoms with Gasteiger partial charge < -0.3 is 0 Å². The summed E-state index contributed by atoms with van der Waals surface area (Å²) in [5.41, 5.74) is 1.83. The minimum absolute atomic E-state index is 0. The van der Waals surface area contributed by atoms with Crippen LogP contribution < -0.4 is 0 Å². The molecule has 1 heterocycles. The Morgan fingerprint density at radius 2 is 1.50 bits per heavy atom. The minimum Gasteiger partial charge on any atom is -0.197 e. The number of hydrogen-bond donors (Lipinski definition) is 1. The summed E-state index contributed by atoms with van der Waals surface area (Å²) in [5.74, 6) is 0. The standard InChI is InChI=1S/C6H5N3.Cu/c1-2-4-6-5(3-1)7-9-8-6;/h1-4H,(H,7,8,9);/q;+2. The van der Waals surface area contributed by atoms with Crippen LogP contribution in [0.5, 0.6) is 0 Å². The van der Waals surface area contributed by atoms with Gasteiger partial charge in [0.05, 0.1) is 0 Å². The van der Waals surface area contributed by atoms with Crippen molar-refractivity contribution in [2.45, 2.75) is 0 Å². The fourth-order valence-electron chi connectivity index (χ4n) is 0.786. The van der Waals surface area contributed by atoms with Crippen molar-refractivity contribution < 1.29 is 17.1 Å². The summed E-state index contributed by atoms with van der Waals surface area (Å²) in [6, 6.07) is 7.70. The van der Waals surface area contributed by atoms with Gasteiger partial charge in [0.1, 0.15) is 11.0 Å². The molecule has 0 fully saturated rings. The number of benzene rings is 1. The fraction of sp³-hybridized carbons (Fsp3) is 0. The predicted molar refractivity (Wildman–Crippen MR) is 33.9 cm³/mol. The largest absolute Gasteiger partial charge is 2.00 e. The summed E-state index contributed by atoms with van der Waals surface area (Å²) in [6.45, 7) is 0. The van der Waals surface area contributed by atoms with Crippen molar-refractivity contribution >= 4 is 11.0 Å². The summed E-state index contributed by atoms with van der Waals surface area (Å²) >= 11 is 0. The molecular formula is C6H5CuN3+2. The maximum atomic E-state index is 3.88. The molecule has 0 aliphatic heterocycles. The summed E-state index contributed by atoms with van der Waals surface area (Å²) in [4.78, 5) is 0. The van der Waals surface area contributed by atoms with Crippen molar-refractivity contribution in [2.24, 2.45) is 0 Å². The van der Waals surface area contributed by atoms with Gasteiger partial charge in [-0.1, -0.05) is 12.1 Å². The van der Waals surface area contributed by atoms with Crippen LogP contribution in [0.4, 0.5) is 0 Å². The first-order chi connectivity index (χ1) is 4.47. The summed E-state index contributed by atoms with van der Waals surface area (Å²) < 4.78 is 0. The molecule has 1 radical (unpaired) electrons. The molecule has 2 rings (SSSR count). The molecule has 1 aromatic carbocycles. The van der Waals surface area contributed by atoms with Gasteiger partial charge in [0.2, 0.25) is 0 Å². The van der Waals surface area contributed by atoms with Crippen LogP contribution in [0, 0.1) is 0 Å². The summed E-state index contributed by atoms with van der Waals surface area (Å²) in [6.07, 6.45) is 0. The first-order valence-electron chi connectivity index (χ1n) is 2.72. The monoisotopic (exact) mass is 182 g/mol. The maximum Gasteiger partial charge on any atom is 2.00 e. The van der Waals surface area contributed by atoms with Gasteiger partial charge in [0.15, 0.2) is 0 Å². The van der Waals surface area contributed by atoms with Gasteiger partial charge in [-0.2, -0.15) is 15.4 Å². The van der Waals surface area contributed by atoms with Gasteiger partial charge in [-0.05, 0) is 12.1 Å². The van der Waals surface area contributed by atoms with E-state index in [1.807, 2.05) is 24.3 Å². The molecule has 0 aliphatic rings. The molecule has 0 saturated carbocycles. The Kier molecular flexibility index (Phi) is 2.04. The third-order valence-electron chi connectivity index (χ3n) is 1.22. The number of hydrogen-bond acceptors (Lipinski definition) is 2. The molecule has 0 spiro atoms. The Bertz CT molecular complexity index is 287. The number of nitrogens with zero attached hydrogens (tertiary/aromatic N) is 2. The van der Waals surface area contributed by atoms with E-state index < -0.39 is 0 Å². The topological polar surface area (TPSA) is 41.6 Å². The van der Waals surface area contributed by atoms with E-state index in [1.165, 1.54) is 0 Å². The van der Waals surface area contributed by atoms with Gasteiger partial charge in [-0.25, -0.2) is 0 Å². The second kappa shape index (κ2) is 2.82. The SMILES string of the molecule is [Cu+2].c1ccc2n[nH]nc2c1. The summed E-state index contributed by atoms with van der Waals surface area (Å²) in [7, 11) is 0. The number of para-hydroxylation sites is 2. The average molecular weight is 183 g/mol. The van der Waals surface area contributed by atoms with Crippen LogP contribution in [0.3, 0.4) is 0 Å². The number of fused-ring (bicyclic) bond motifs is 1. The molecular weight excluding hydrogens is 178 g/mol. The first-order valence-corrected chi connectivity index (χ1v) is 2.72. The molecule has 2 aromatic rings. The minimum atomic E-state index is 0. The van der Waals surface area contributed by atoms with Crippen LogP contribution in [-0.4, -0.2) is 15.4 Å². The van der Waals surface area contributed by atoms with Crippen molar-refractivity contribution in [3.8, 4) is 0 Å². The Balaban J connectivity index is 0.000000500. The normalized spacial score (nSPS) is 9.20. The number of rotatable bonds is 0. The second-order valence-electron chi connectivity index (χ2n) is 1.81. The van der Waals surface area contributed by atoms with Gasteiger partial charge in [-0.3, -0.25) is 0 Å². The predicted octanol–water partition coefficient (Wildman–Crippen LogP) is 0.955. The van der Waals surface area contributed by atoms with Crippen molar-refractivity contribution in [1.82, 2.24) is 15.4 Å². The van der Waals surface area contributed by atoms with Crippen LogP contribution in [-0.2, 0) is 17.1 Å². The Hall–Kier alpha value is -0.861. The van der Waals surface area contributed by atoms with Crippen molar-refractivity contribution in [1.29, 1.82) is 0 Å². The molecule has 0 unspecified atom stereocenters. The Labute approximate surface area is 68.3 Å². The third-order valence-corrected chi connectivity index (χ3v) is 1.22. The number of aromatic nitrogens is 3. The molecule has 0 atom stereocenters. The molecule has 10 heavy (non-hydrogen) atoms. The van der Waals surface area contributed by atoms with E-state index in [0.29, 0.717) is 0 Å². The molecule has 0 amide bonds. The number of nitrogens with one attached hydrogen (secondary N) is 1. The zero-order valence-corrected chi connectivity index (χ0v) is 5.95. The molecule has 3 nitrogen and oxygen atoms in total. The molecule has 0 aliphatic carbocycles. The zero-order chi connectivity index (χ0) is 6.10. The van der Waals surface area contributed by atoms with Crippen LogP contribution in [0.2, 0.25) is 0 Å². The van der Waals surface area contributed by atoms with Gasteiger partial charge in [0.25, 0.3) is 0 Å². The first kappa shape index (κ1) is 7.25. The molecule has 1 aromatic heterocycles. The smallest absolute Gasteiger partial charge is 0.197 e. The Morgan fingerprint density at radius 3 is 2.00 bits per heavy atom. The molecule has 1 N–H and O–H groups in total. The second-order valence-corrected chi connectivity index (χ2v) is 1.81. The third kappa shape index (κ3) is 1.03.